The maximum absolute atomic E-state index is 13.3. The number of benzene rings is 1. The monoisotopic (exact) mass is 223 g/mol. The van der Waals surface area contributed by atoms with Crippen molar-refractivity contribution >= 4 is 5.91 Å². The Labute approximate surface area is 93.3 Å². The zero-order chi connectivity index (χ0) is 11.7. The molecule has 2 rings (SSSR count). The molecule has 0 bridgehead atoms. The Morgan fingerprint density at radius 3 is 2.81 bits per heavy atom. The maximum atomic E-state index is 13.3. The first-order valence-electron chi connectivity index (χ1n) is 5.37. The fourth-order valence-corrected chi connectivity index (χ4v) is 1.69. The molecule has 1 unspecified atom stereocenters. The first-order valence-corrected chi connectivity index (χ1v) is 5.37. The Hall–Kier alpha value is -1.58. The zero-order valence-corrected chi connectivity index (χ0v) is 9.03. The standard InChI is InChI=1S/C12H14FNO2/c1-7(8-2-3-8)14-12(16)10-5-4-9(15)6-11(10)13/h4-8,15H,2-3H2,1H3,(H,14,16). The molecular formula is C12H14FNO2. The van der Waals surface area contributed by atoms with Crippen molar-refractivity contribution in [1.29, 1.82) is 0 Å². The SMILES string of the molecule is CC(NC(=O)c1ccc(O)cc1F)C1CC1. The summed E-state index contributed by atoms with van der Waals surface area (Å²) >= 11 is 0. The van der Waals surface area contributed by atoms with E-state index in [9.17, 15) is 9.18 Å². The highest BCUT2D eigenvalue weighted by atomic mass is 19.1. The van der Waals surface area contributed by atoms with Crippen LogP contribution in [-0.4, -0.2) is 17.1 Å². The summed E-state index contributed by atoms with van der Waals surface area (Å²) in [5.74, 6) is -0.759. The van der Waals surface area contributed by atoms with Crippen molar-refractivity contribution in [2.24, 2.45) is 5.92 Å². The highest BCUT2D eigenvalue weighted by molar-refractivity contribution is 5.94. The molecule has 1 atom stereocenters. The number of rotatable bonds is 3. The van der Waals surface area contributed by atoms with Gasteiger partial charge in [0, 0.05) is 12.1 Å². The van der Waals surface area contributed by atoms with Crippen molar-refractivity contribution in [3.05, 3.63) is 29.6 Å². The molecule has 1 aliphatic rings. The summed E-state index contributed by atoms with van der Waals surface area (Å²) in [4.78, 5) is 11.7. The molecule has 0 radical (unpaired) electrons. The van der Waals surface area contributed by atoms with Gasteiger partial charge in [0.1, 0.15) is 11.6 Å². The number of hydrogen-bond acceptors (Lipinski definition) is 2. The Balaban J connectivity index is 2.07. The van der Waals surface area contributed by atoms with Gasteiger partial charge in [0.15, 0.2) is 0 Å². The van der Waals surface area contributed by atoms with Crippen molar-refractivity contribution < 1.29 is 14.3 Å². The van der Waals surface area contributed by atoms with Crippen molar-refractivity contribution in [1.82, 2.24) is 5.32 Å². The van der Waals surface area contributed by atoms with Crippen LogP contribution in [0.1, 0.15) is 30.1 Å². The van der Waals surface area contributed by atoms with Gasteiger partial charge in [0.2, 0.25) is 0 Å². The summed E-state index contributed by atoms with van der Waals surface area (Å²) in [5, 5.41) is 11.8. The Morgan fingerprint density at radius 1 is 1.56 bits per heavy atom. The highest BCUT2D eigenvalue weighted by Crippen LogP contribution is 2.32. The van der Waals surface area contributed by atoms with Gasteiger partial charge in [-0.15, -0.1) is 0 Å². The lowest BCUT2D eigenvalue weighted by atomic mass is 10.1. The van der Waals surface area contributed by atoms with E-state index in [1.807, 2.05) is 6.92 Å². The number of aromatic hydroxyl groups is 1. The van der Waals surface area contributed by atoms with Crippen LogP contribution in [0, 0.1) is 11.7 Å². The van der Waals surface area contributed by atoms with Crippen molar-refractivity contribution in [2.75, 3.05) is 0 Å². The zero-order valence-electron chi connectivity index (χ0n) is 9.03. The van der Waals surface area contributed by atoms with Crippen LogP contribution >= 0.6 is 0 Å². The van der Waals surface area contributed by atoms with Crippen LogP contribution in [0.5, 0.6) is 5.75 Å². The molecule has 0 aromatic heterocycles. The van der Waals surface area contributed by atoms with Crippen LogP contribution < -0.4 is 5.32 Å². The average Bonchev–Trinajstić information content (AvgIpc) is 2.99. The average molecular weight is 223 g/mol. The normalized spacial score (nSPS) is 16.9. The van der Waals surface area contributed by atoms with Gasteiger partial charge in [-0.05, 0) is 37.8 Å². The molecule has 2 N–H and O–H groups in total. The van der Waals surface area contributed by atoms with Gasteiger partial charge in [-0.25, -0.2) is 4.39 Å². The molecule has 86 valence electrons. The van der Waals surface area contributed by atoms with Gasteiger partial charge >= 0.3 is 0 Å². The van der Waals surface area contributed by atoms with E-state index in [4.69, 9.17) is 5.11 Å². The molecular weight excluding hydrogens is 209 g/mol. The molecule has 16 heavy (non-hydrogen) atoms. The van der Waals surface area contributed by atoms with Gasteiger partial charge < -0.3 is 10.4 Å². The van der Waals surface area contributed by atoms with Gasteiger partial charge in [-0.1, -0.05) is 0 Å². The molecule has 4 heteroatoms. The summed E-state index contributed by atoms with van der Waals surface area (Å²) in [6, 6.07) is 3.62. The summed E-state index contributed by atoms with van der Waals surface area (Å²) in [6.07, 6.45) is 2.25. The number of phenols is 1. The third-order valence-corrected chi connectivity index (χ3v) is 2.89. The number of nitrogens with one attached hydrogen (secondary N) is 1. The molecule has 0 saturated heterocycles. The molecule has 0 spiro atoms. The molecule has 0 heterocycles. The fraction of sp³-hybridized carbons (Fsp3) is 0.417. The predicted octanol–water partition coefficient (Wildman–Crippen LogP) is 2.06. The Kier molecular flexibility index (Phi) is 2.81. The summed E-state index contributed by atoms with van der Waals surface area (Å²) in [6.45, 7) is 1.92. The van der Waals surface area contributed by atoms with Gasteiger partial charge in [-0.2, -0.15) is 0 Å². The molecule has 1 saturated carbocycles. The Morgan fingerprint density at radius 2 is 2.25 bits per heavy atom. The minimum atomic E-state index is -0.694. The minimum absolute atomic E-state index is 0.0229. The second-order valence-electron chi connectivity index (χ2n) is 4.26. The van der Waals surface area contributed by atoms with E-state index < -0.39 is 11.7 Å². The van der Waals surface area contributed by atoms with E-state index >= 15 is 0 Å². The van der Waals surface area contributed by atoms with E-state index in [1.165, 1.54) is 12.1 Å². The van der Waals surface area contributed by atoms with Crippen LogP contribution in [0.2, 0.25) is 0 Å². The van der Waals surface area contributed by atoms with Crippen molar-refractivity contribution in [3.63, 3.8) is 0 Å². The summed E-state index contributed by atoms with van der Waals surface area (Å²) in [5.41, 5.74) is -0.0229. The highest BCUT2D eigenvalue weighted by Gasteiger charge is 2.29. The maximum Gasteiger partial charge on any atom is 0.254 e. The van der Waals surface area contributed by atoms with E-state index in [1.54, 1.807) is 0 Å². The quantitative estimate of drug-likeness (QED) is 0.824. The number of amides is 1. The van der Waals surface area contributed by atoms with Crippen molar-refractivity contribution in [2.45, 2.75) is 25.8 Å². The molecule has 3 nitrogen and oxygen atoms in total. The molecule has 1 aliphatic carbocycles. The second-order valence-corrected chi connectivity index (χ2v) is 4.26. The number of hydrogen-bond donors (Lipinski definition) is 2. The van der Waals surface area contributed by atoms with Crippen LogP contribution in [-0.2, 0) is 0 Å². The third kappa shape index (κ3) is 2.32. The number of phenolic OH excluding ortho intramolecular Hbond substituents is 1. The Bertz CT molecular complexity index is 415. The summed E-state index contributed by atoms with van der Waals surface area (Å²) < 4.78 is 13.3. The van der Waals surface area contributed by atoms with Crippen LogP contribution in [0.25, 0.3) is 0 Å². The van der Waals surface area contributed by atoms with E-state index in [2.05, 4.69) is 5.32 Å². The molecule has 0 aliphatic heterocycles. The topological polar surface area (TPSA) is 49.3 Å². The van der Waals surface area contributed by atoms with Gasteiger partial charge in [0.05, 0.1) is 5.56 Å². The second kappa shape index (κ2) is 4.12. The lowest BCUT2D eigenvalue weighted by Crippen LogP contribution is -2.34. The fourth-order valence-electron chi connectivity index (χ4n) is 1.69. The molecule has 1 aromatic rings. The predicted molar refractivity (Wildman–Crippen MR) is 57.7 cm³/mol. The van der Waals surface area contributed by atoms with Gasteiger partial charge in [-0.3, -0.25) is 4.79 Å². The largest absolute Gasteiger partial charge is 0.508 e. The number of carbonyl (C=O) groups excluding carboxylic acids is 1. The molecule has 1 aromatic carbocycles. The van der Waals surface area contributed by atoms with Crippen LogP contribution in [0.15, 0.2) is 18.2 Å². The van der Waals surface area contributed by atoms with Gasteiger partial charge in [0.25, 0.3) is 5.91 Å². The first-order chi connectivity index (χ1) is 7.58. The smallest absolute Gasteiger partial charge is 0.254 e. The molecule has 1 amide bonds. The van der Waals surface area contributed by atoms with Crippen molar-refractivity contribution in [3.8, 4) is 5.75 Å². The lowest BCUT2D eigenvalue weighted by molar-refractivity contribution is 0.0932. The lowest BCUT2D eigenvalue weighted by Gasteiger charge is -2.13. The summed E-state index contributed by atoms with van der Waals surface area (Å²) in [7, 11) is 0. The van der Waals surface area contributed by atoms with Crippen LogP contribution in [0.4, 0.5) is 4.39 Å². The van der Waals surface area contributed by atoms with Crippen LogP contribution in [0.3, 0.4) is 0 Å². The minimum Gasteiger partial charge on any atom is -0.508 e. The first kappa shape index (κ1) is 10.9. The number of carbonyl (C=O) groups is 1. The van der Waals surface area contributed by atoms with E-state index in [-0.39, 0.29) is 17.4 Å². The van der Waals surface area contributed by atoms with E-state index in [0.29, 0.717) is 5.92 Å². The molecule has 1 fully saturated rings. The van der Waals surface area contributed by atoms with E-state index in [0.717, 1.165) is 18.9 Å². The number of halogens is 1. The third-order valence-electron chi connectivity index (χ3n) is 2.89.